The molecule has 0 atom stereocenters. The van der Waals surface area contributed by atoms with Crippen LogP contribution in [0.5, 0.6) is 0 Å². The molecule has 3 rings (SSSR count). The number of hydrazone groups is 1. The molecular formula is C21H20N4O2. The third kappa shape index (κ3) is 4.55. The number of aromatic nitrogens is 2. The van der Waals surface area contributed by atoms with Crippen molar-refractivity contribution in [2.24, 2.45) is 5.10 Å². The van der Waals surface area contributed by atoms with Gasteiger partial charge in [-0.15, -0.1) is 0 Å². The zero-order valence-electron chi connectivity index (χ0n) is 15.2. The van der Waals surface area contributed by atoms with Gasteiger partial charge in [0.05, 0.1) is 12.1 Å². The molecule has 0 spiro atoms. The number of benzene rings is 2. The summed E-state index contributed by atoms with van der Waals surface area (Å²) < 4.78 is 0. The van der Waals surface area contributed by atoms with Crippen LogP contribution in [0.15, 0.2) is 70.6 Å². The summed E-state index contributed by atoms with van der Waals surface area (Å²) in [5.41, 5.74) is 5.46. The van der Waals surface area contributed by atoms with E-state index in [4.69, 9.17) is 0 Å². The number of hydrogen-bond donors (Lipinski definition) is 2. The lowest BCUT2D eigenvalue weighted by Crippen LogP contribution is -2.27. The molecule has 2 aromatic carbocycles. The van der Waals surface area contributed by atoms with Crippen molar-refractivity contribution in [2.75, 3.05) is 0 Å². The highest BCUT2D eigenvalue weighted by molar-refractivity contribution is 5.99. The maximum Gasteiger partial charge on any atom is 0.255 e. The molecule has 1 amide bonds. The molecule has 6 nitrogen and oxygen atoms in total. The smallest absolute Gasteiger partial charge is 0.255 e. The minimum Gasteiger partial charge on any atom is -0.306 e. The minimum atomic E-state index is -0.367. The van der Waals surface area contributed by atoms with Crippen molar-refractivity contribution in [1.29, 1.82) is 0 Å². The van der Waals surface area contributed by atoms with E-state index in [1.54, 1.807) is 6.92 Å². The fourth-order valence-corrected chi connectivity index (χ4v) is 2.64. The summed E-state index contributed by atoms with van der Waals surface area (Å²) in [7, 11) is 0. The van der Waals surface area contributed by atoms with Gasteiger partial charge in [-0.25, -0.2) is 10.4 Å². The number of rotatable bonds is 5. The highest BCUT2D eigenvalue weighted by atomic mass is 16.2. The van der Waals surface area contributed by atoms with Crippen LogP contribution in [0.1, 0.15) is 23.7 Å². The van der Waals surface area contributed by atoms with Gasteiger partial charge in [-0.1, -0.05) is 60.7 Å². The number of aryl methyl sites for hydroxylation is 1. The summed E-state index contributed by atoms with van der Waals surface area (Å²) >= 11 is 0. The SMILES string of the molecule is CC(=NNC(=O)Cc1c(C)nc(-c2ccccc2)[nH]c1=O)c1ccccc1. The zero-order valence-corrected chi connectivity index (χ0v) is 15.2. The monoisotopic (exact) mass is 360 g/mol. The summed E-state index contributed by atoms with van der Waals surface area (Å²) in [5.74, 6) is 0.119. The highest BCUT2D eigenvalue weighted by Gasteiger charge is 2.13. The molecule has 0 saturated carbocycles. The number of nitrogens with zero attached hydrogens (tertiary/aromatic N) is 2. The van der Waals surface area contributed by atoms with Crippen molar-refractivity contribution < 1.29 is 4.79 Å². The number of carbonyl (C=O) groups excluding carboxylic acids is 1. The molecule has 0 aliphatic carbocycles. The molecule has 3 aromatic rings. The number of aromatic amines is 1. The summed E-state index contributed by atoms with van der Waals surface area (Å²) in [5, 5.41) is 4.10. The molecule has 0 fully saturated rings. The van der Waals surface area contributed by atoms with Crippen molar-refractivity contribution in [1.82, 2.24) is 15.4 Å². The molecular weight excluding hydrogens is 340 g/mol. The summed E-state index contributed by atoms with van der Waals surface area (Å²) in [6.07, 6.45) is -0.0885. The summed E-state index contributed by atoms with van der Waals surface area (Å²) in [6.45, 7) is 3.53. The first kappa shape index (κ1) is 18.3. The van der Waals surface area contributed by atoms with Crippen LogP contribution in [0.25, 0.3) is 11.4 Å². The van der Waals surface area contributed by atoms with Crippen LogP contribution in [0.2, 0.25) is 0 Å². The lowest BCUT2D eigenvalue weighted by atomic mass is 10.1. The maximum atomic E-state index is 12.4. The Bertz CT molecular complexity index is 1030. The van der Waals surface area contributed by atoms with Gasteiger partial charge >= 0.3 is 0 Å². The van der Waals surface area contributed by atoms with Crippen LogP contribution >= 0.6 is 0 Å². The van der Waals surface area contributed by atoms with Gasteiger partial charge in [-0.05, 0) is 19.4 Å². The molecule has 1 aromatic heterocycles. The van der Waals surface area contributed by atoms with Crippen molar-refractivity contribution in [3.05, 3.63) is 87.8 Å². The predicted octanol–water partition coefficient (Wildman–Crippen LogP) is 2.83. The Morgan fingerprint density at radius 3 is 2.33 bits per heavy atom. The topological polar surface area (TPSA) is 87.2 Å². The van der Waals surface area contributed by atoms with E-state index < -0.39 is 0 Å². The number of amides is 1. The molecule has 0 radical (unpaired) electrons. The molecule has 0 bridgehead atoms. The maximum absolute atomic E-state index is 12.4. The van der Waals surface area contributed by atoms with Gasteiger partial charge in [0.25, 0.3) is 5.56 Å². The van der Waals surface area contributed by atoms with E-state index in [9.17, 15) is 9.59 Å². The predicted molar refractivity (Wildman–Crippen MR) is 106 cm³/mol. The van der Waals surface area contributed by atoms with E-state index in [0.29, 0.717) is 22.8 Å². The number of carbonyl (C=O) groups is 1. The van der Waals surface area contributed by atoms with Crippen molar-refractivity contribution in [3.63, 3.8) is 0 Å². The third-order valence-corrected chi connectivity index (χ3v) is 4.15. The van der Waals surface area contributed by atoms with Gasteiger partial charge in [-0.3, -0.25) is 9.59 Å². The standard InChI is InChI=1S/C21H20N4O2/c1-14(16-9-5-3-6-10-16)24-25-19(26)13-18-15(2)22-20(23-21(18)27)17-11-7-4-8-12-17/h3-12H,13H2,1-2H3,(H,25,26)(H,22,23,27). The van der Waals surface area contributed by atoms with E-state index in [1.165, 1.54) is 0 Å². The first-order chi connectivity index (χ1) is 13.0. The van der Waals surface area contributed by atoms with Crippen LogP contribution in [0.4, 0.5) is 0 Å². The average molecular weight is 360 g/mol. The number of H-pyrrole nitrogens is 1. The largest absolute Gasteiger partial charge is 0.306 e. The van der Waals surface area contributed by atoms with Crippen LogP contribution in [-0.4, -0.2) is 21.6 Å². The fourth-order valence-electron chi connectivity index (χ4n) is 2.64. The van der Waals surface area contributed by atoms with Gasteiger partial charge < -0.3 is 4.98 Å². The van der Waals surface area contributed by atoms with E-state index in [1.807, 2.05) is 67.6 Å². The first-order valence-electron chi connectivity index (χ1n) is 8.58. The second-order valence-electron chi connectivity index (χ2n) is 6.12. The minimum absolute atomic E-state index is 0.0885. The Morgan fingerprint density at radius 2 is 1.70 bits per heavy atom. The molecule has 136 valence electrons. The molecule has 0 saturated heterocycles. The Morgan fingerprint density at radius 1 is 1.07 bits per heavy atom. The molecule has 27 heavy (non-hydrogen) atoms. The number of hydrogen-bond acceptors (Lipinski definition) is 4. The second kappa shape index (κ2) is 8.23. The Kier molecular flexibility index (Phi) is 5.56. The van der Waals surface area contributed by atoms with Gasteiger partial charge in [0.1, 0.15) is 5.82 Å². The van der Waals surface area contributed by atoms with E-state index in [-0.39, 0.29) is 17.9 Å². The van der Waals surface area contributed by atoms with Gasteiger partial charge in [0.2, 0.25) is 5.91 Å². The third-order valence-electron chi connectivity index (χ3n) is 4.15. The van der Waals surface area contributed by atoms with E-state index >= 15 is 0 Å². The summed E-state index contributed by atoms with van der Waals surface area (Å²) in [6, 6.07) is 18.9. The second-order valence-corrected chi connectivity index (χ2v) is 6.12. The highest BCUT2D eigenvalue weighted by Crippen LogP contribution is 2.13. The lowest BCUT2D eigenvalue weighted by molar-refractivity contribution is -0.120. The van der Waals surface area contributed by atoms with Crippen molar-refractivity contribution in [3.8, 4) is 11.4 Å². The van der Waals surface area contributed by atoms with Crippen molar-refractivity contribution >= 4 is 11.6 Å². The van der Waals surface area contributed by atoms with Crippen LogP contribution in [-0.2, 0) is 11.2 Å². The quantitative estimate of drug-likeness (QED) is 0.542. The van der Waals surface area contributed by atoms with Crippen molar-refractivity contribution in [2.45, 2.75) is 20.3 Å². The Balaban J connectivity index is 1.74. The normalized spacial score (nSPS) is 11.3. The number of nitrogens with one attached hydrogen (secondary N) is 2. The van der Waals surface area contributed by atoms with E-state index in [0.717, 1.165) is 11.1 Å². The molecule has 0 unspecified atom stereocenters. The Labute approximate surface area is 157 Å². The average Bonchev–Trinajstić information content (AvgIpc) is 2.70. The van der Waals surface area contributed by atoms with Crippen LogP contribution in [0, 0.1) is 6.92 Å². The lowest BCUT2D eigenvalue weighted by Gasteiger charge is -2.07. The molecule has 2 N–H and O–H groups in total. The molecule has 0 aliphatic rings. The zero-order chi connectivity index (χ0) is 19.2. The van der Waals surface area contributed by atoms with Gasteiger partial charge in [0.15, 0.2) is 0 Å². The fraction of sp³-hybridized carbons (Fsp3) is 0.143. The summed E-state index contributed by atoms with van der Waals surface area (Å²) in [4.78, 5) is 31.8. The van der Waals surface area contributed by atoms with Crippen LogP contribution in [0.3, 0.4) is 0 Å². The molecule has 1 heterocycles. The first-order valence-corrected chi connectivity index (χ1v) is 8.58. The van der Waals surface area contributed by atoms with Gasteiger partial charge in [-0.2, -0.15) is 5.10 Å². The molecule has 6 heteroatoms. The molecule has 0 aliphatic heterocycles. The van der Waals surface area contributed by atoms with E-state index in [2.05, 4.69) is 20.5 Å². The van der Waals surface area contributed by atoms with Crippen LogP contribution < -0.4 is 11.0 Å². The van der Waals surface area contributed by atoms with Gasteiger partial charge in [0, 0.05) is 16.8 Å². The Hall–Kier alpha value is -3.54.